The van der Waals surface area contributed by atoms with Crippen molar-refractivity contribution in [3.8, 4) is 35.1 Å². The van der Waals surface area contributed by atoms with Crippen LogP contribution in [0.5, 0.6) is 17.2 Å². The van der Waals surface area contributed by atoms with E-state index in [4.69, 9.17) is 19.5 Å². The molecule has 1 N–H and O–H groups in total. The lowest BCUT2D eigenvalue weighted by atomic mass is 10.1. The van der Waals surface area contributed by atoms with E-state index in [1.807, 2.05) is 74.5 Å². The van der Waals surface area contributed by atoms with Gasteiger partial charge in [0.2, 0.25) is 6.79 Å². The molecule has 1 amide bonds. The third kappa shape index (κ3) is 5.67. The minimum atomic E-state index is -0.450. The molecular weight excluding hydrogens is 504 g/mol. The van der Waals surface area contributed by atoms with Crippen molar-refractivity contribution < 1.29 is 19.0 Å². The van der Waals surface area contributed by atoms with Gasteiger partial charge < -0.3 is 24.1 Å². The lowest BCUT2D eigenvalue weighted by molar-refractivity contribution is -0.117. The standard InChI is InChI=1S/C32H26N4O4/c1-21-13-26(15-27(17-34)32(37)35-18-25-7-12-30-31(14-25)40-20-39-30)22(2)36(21)28-8-10-29(11-9-28)38-19-24-5-3-23(16-33)4-6-24/h3-15H,18-20H2,1-2H3,(H,35,37)/b27-15+. The zero-order chi connectivity index (χ0) is 28.1. The van der Waals surface area contributed by atoms with Crippen molar-refractivity contribution in [1.82, 2.24) is 9.88 Å². The number of rotatable bonds is 8. The molecule has 0 radical (unpaired) electrons. The van der Waals surface area contributed by atoms with E-state index in [0.29, 0.717) is 23.7 Å². The van der Waals surface area contributed by atoms with Gasteiger partial charge in [0, 0.05) is 23.6 Å². The second-order valence-corrected chi connectivity index (χ2v) is 9.29. The van der Waals surface area contributed by atoms with Crippen LogP contribution in [0, 0.1) is 36.5 Å². The van der Waals surface area contributed by atoms with Crippen LogP contribution in [-0.4, -0.2) is 17.3 Å². The van der Waals surface area contributed by atoms with Crippen molar-refractivity contribution in [2.75, 3.05) is 6.79 Å². The van der Waals surface area contributed by atoms with E-state index < -0.39 is 5.91 Å². The lowest BCUT2D eigenvalue weighted by Crippen LogP contribution is -2.23. The summed E-state index contributed by atoms with van der Waals surface area (Å²) in [6.07, 6.45) is 1.61. The van der Waals surface area contributed by atoms with E-state index >= 15 is 0 Å². The molecule has 2 heterocycles. The summed E-state index contributed by atoms with van der Waals surface area (Å²) in [6, 6.07) is 26.6. The third-order valence-corrected chi connectivity index (χ3v) is 6.61. The van der Waals surface area contributed by atoms with Crippen LogP contribution < -0.4 is 19.5 Å². The summed E-state index contributed by atoms with van der Waals surface area (Å²) in [4.78, 5) is 12.8. The average Bonchev–Trinajstić information content (AvgIpc) is 3.56. The minimum absolute atomic E-state index is 0.0209. The Kier molecular flexibility index (Phi) is 7.52. The van der Waals surface area contributed by atoms with Crippen LogP contribution in [0.15, 0.2) is 78.4 Å². The first kappa shape index (κ1) is 26.1. The number of nitrogens with one attached hydrogen (secondary N) is 1. The zero-order valence-corrected chi connectivity index (χ0v) is 22.1. The molecule has 5 rings (SSSR count). The summed E-state index contributed by atoms with van der Waals surface area (Å²) in [5.41, 5.74) is 6.05. The Balaban J connectivity index is 1.26. The Labute approximate surface area is 232 Å². The quantitative estimate of drug-likeness (QED) is 0.238. The number of aromatic nitrogens is 1. The molecule has 0 bridgehead atoms. The van der Waals surface area contributed by atoms with Crippen molar-refractivity contribution in [1.29, 1.82) is 10.5 Å². The smallest absolute Gasteiger partial charge is 0.262 e. The van der Waals surface area contributed by atoms with Gasteiger partial charge in [-0.1, -0.05) is 18.2 Å². The average molecular weight is 531 g/mol. The van der Waals surface area contributed by atoms with Crippen LogP contribution in [0.1, 0.15) is 33.6 Å². The second-order valence-electron chi connectivity index (χ2n) is 9.29. The highest BCUT2D eigenvalue weighted by molar-refractivity contribution is 6.01. The first-order valence-corrected chi connectivity index (χ1v) is 12.6. The third-order valence-electron chi connectivity index (χ3n) is 6.61. The molecule has 0 atom stereocenters. The van der Waals surface area contributed by atoms with E-state index in [9.17, 15) is 10.1 Å². The highest BCUT2D eigenvalue weighted by atomic mass is 16.7. The SMILES string of the molecule is Cc1cc(/C=C(\C#N)C(=O)NCc2ccc3c(c2)OCO3)c(C)n1-c1ccc(OCc2ccc(C#N)cc2)cc1. The molecule has 198 valence electrons. The fraction of sp³-hybridized carbons (Fsp3) is 0.156. The number of amides is 1. The molecular formula is C32H26N4O4. The van der Waals surface area contributed by atoms with Gasteiger partial charge in [-0.3, -0.25) is 4.79 Å². The maximum absolute atomic E-state index is 12.8. The molecule has 0 aliphatic carbocycles. The van der Waals surface area contributed by atoms with E-state index in [2.05, 4.69) is 16.0 Å². The normalized spacial score (nSPS) is 11.9. The molecule has 0 spiro atoms. The maximum Gasteiger partial charge on any atom is 0.262 e. The van der Waals surface area contributed by atoms with Crippen LogP contribution >= 0.6 is 0 Å². The van der Waals surface area contributed by atoms with E-state index in [0.717, 1.165) is 39.5 Å². The Hall–Kier alpha value is -5.47. The number of ether oxygens (including phenoxy) is 3. The van der Waals surface area contributed by atoms with Crippen molar-refractivity contribution in [2.24, 2.45) is 0 Å². The van der Waals surface area contributed by atoms with E-state index in [1.165, 1.54) is 0 Å². The van der Waals surface area contributed by atoms with Crippen LogP contribution in [0.2, 0.25) is 0 Å². The number of carbonyl (C=O) groups is 1. The Morgan fingerprint density at radius 2 is 1.70 bits per heavy atom. The molecule has 8 nitrogen and oxygen atoms in total. The van der Waals surface area contributed by atoms with Crippen LogP contribution in [0.4, 0.5) is 0 Å². The first-order chi connectivity index (χ1) is 19.4. The Morgan fingerprint density at radius 3 is 2.42 bits per heavy atom. The fourth-order valence-electron chi connectivity index (χ4n) is 4.50. The van der Waals surface area contributed by atoms with Gasteiger partial charge in [0.25, 0.3) is 5.91 Å². The topological polar surface area (TPSA) is 109 Å². The predicted octanol–water partition coefficient (Wildman–Crippen LogP) is 5.50. The van der Waals surface area contributed by atoms with Crippen LogP contribution in [0.25, 0.3) is 11.8 Å². The van der Waals surface area contributed by atoms with Crippen molar-refractivity contribution in [3.63, 3.8) is 0 Å². The van der Waals surface area contributed by atoms with Crippen molar-refractivity contribution in [3.05, 3.63) is 112 Å². The molecule has 0 unspecified atom stereocenters. The zero-order valence-electron chi connectivity index (χ0n) is 22.1. The number of hydrogen-bond donors (Lipinski definition) is 1. The van der Waals surface area contributed by atoms with Gasteiger partial charge in [-0.05, 0) is 91.2 Å². The summed E-state index contributed by atoms with van der Waals surface area (Å²) in [6.45, 7) is 4.77. The summed E-state index contributed by atoms with van der Waals surface area (Å²) in [5, 5.41) is 21.4. The fourth-order valence-corrected chi connectivity index (χ4v) is 4.50. The first-order valence-electron chi connectivity index (χ1n) is 12.6. The van der Waals surface area contributed by atoms with Gasteiger partial charge >= 0.3 is 0 Å². The van der Waals surface area contributed by atoms with E-state index in [1.54, 1.807) is 24.3 Å². The molecule has 0 saturated heterocycles. The molecule has 1 aliphatic heterocycles. The number of fused-ring (bicyclic) bond motifs is 1. The van der Waals surface area contributed by atoms with E-state index in [-0.39, 0.29) is 18.9 Å². The lowest BCUT2D eigenvalue weighted by Gasteiger charge is -2.12. The molecule has 4 aromatic rings. The molecule has 0 saturated carbocycles. The Morgan fingerprint density at radius 1 is 0.975 bits per heavy atom. The predicted molar refractivity (Wildman–Crippen MR) is 149 cm³/mol. The molecule has 1 aliphatic rings. The van der Waals surface area contributed by atoms with Crippen LogP contribution in [0.3, 0.4) is 0 Å². The van der Waals surface area contributed by atoms with Gasteiger partial charge in [-0.15, -0.1) is 0 Å². The summed E-state index contributed by atoms with van der Waals surface area (Å²) in [5.74, 6) is 1.59. The molecule has 8 heteroatoms. The highest BCUT2D eigenvalue weighted by Gasteiger charge is 2.16. The summed E-state index contributed by atoms with van der Waals surface area (Å²) < 4.78 is 18.7. The highest BCUT2D eigenvalue weighted by Crippen LogP contribution is 2.32. The van der Waals surface area contributed by atoms with Crippen molar-refractivity contribution in [2.45, 2.75) is 27.0 Å². The molecule has 0 fully saturated rings. The number of nitriles is 2. The van der Waals surface area contributed by atoms with Gasteiger partial charge in [0.1, 0.15) is 24.0 Å². The molecule has 40 heavy (non-hydrogen) atoms. The largest absolute Gasteiger partial charge is 0.489 e. The maximum atomic E-state index is 12.8. The molecule has 3 aromatic carbocycles. The number of carbonyl (C=O) groups excluding carboxylic acids is 1. The monoisotopic (exact) mass is 530 g/mol. The molecule has 1 aromatic heterocycles. The number of hydrogen-bond acceptors (Lipinski definition) is 6. The Bertz CT molecular complexity index is 1670. The number of benzene rings is 3. The van der Waals surface area contributed by atoms with Gasteiger partial charge in [-0.25, -0.2) is 0 Å². The van der Waals surface area contributed by atoms with Gasteiger partial charge in [-0.2, -0.15) is 10.5 Å². The van der Waals surface area contributed by atoms with Crippen LogP contribution in [-0.2, 0) is 17.9 Å². The minimum Gasteiger partial charge on any atom is -0.489 e. The second kappa shape index (κ2) is 11.5. The van der Waals surface area contributed by atoms with Gasteiger partial charge in [0.15, 0.2) is 11.5 Å². The summed E-state index contributed by atoms with van der Waals surface area (Å²) in [7, 11) is 0. The van der Waals surface area contributed by atoms with Gasteiger partial charge in [0.05, 0.1) is 11.6 Å². The number of aryl methyl sites for hydroxylation is 1. The van der Waals surface area contributed by atoms with Crippen molar-refractivity contribution >= 4 is 12.0 Å². The summed E-state index contributed by atoms with van der Waals surface area (Å²) >= 11 is 0. The number of nitrogens with zero attached hydrogens (tertiary/aromatic N) is 3.